The van der Waals surface area contributed by atoms with E-state index in [4.69, 9.17) is 4.74 Å². The molecule has 3 amide bonds. The van der Waals surface area contributed by atoms with Crippen molar-refractivity contribution in [2.75, 3.05) is 28.7 Å². The molecule has 0 spiro atoms. The maximum atomic E-state index is 12.4. The number of nitrogens with one attached hydrogen (secondary N) is 2. The number of benzene rings is 2. The topological polar surface area (TPSA) is 105 Å². The molecule has 0 aromatic heterocycles. The average Bonchev–Trinajstić information content (AvgIpc) is 3.14. The molecular weight excluding hydrogens is 398 g/mol. The fraction of sp³-hybridized carbons (Fsp3) is 0.304. The molecule has 0 radical (unpaired) electrons. The van der Waals surface area contributed by atoms with Gasteiger partial charge in [-0.2, -0.15) is 0 Å². The number of aryl methyl sites for hydroxylation is 1. The van der Waals surface area contributed by atoms with Crippen LogP contribution in [0.5, 0.6) is 0 Å². The second kappa shape index (κ2) is 9.88. The highest BCUT2D eigenvalue weighted by molar-refractivity contribution is 6.00. The number of amides is 3. The summed E-state index contributed by atoms with van der Waals surface area (Å²) in [6, 6.07) is 14.2. The summed E-state index contributed by atoms with van der Waals surface area (Å²) in [6.07, 6.45) is 0.837. The van der Waals surface area contributed by atoms with E-state index in [1.165, 1.54) is 6.92 Å². The van der Waals surface area contributed by atoms with Gasteiger partial charge in [0.15, 0.2) is 6.61 Å². The number of hydrogen-bond acceptors (Lipinski definition) is 5. The van der Waals surface area contributed by atoms with Gasteiger partial charge in [0, 0.05) is 37.0 Å². The van der Waals surface area contributed by atoms with Crippen molar-refractivity contribution in [2.45, 2.75) is 26.7 Å². The fourth-order valence-electron chi connectivity index (χ4n) is 3.46. The molecule has 2 N–H and O–H groups in total. The zero-order valence-corrected chi connectivity index (χ0v) is 17.5. The van der Waals surface area contributed by atoms with Crippen molar-refractivity contribution in [1.29, 1.82) is 0 Å². The summed E-state index contributed by atoms with van der Waals surface area (Å²) in [4.78, 5) is 49.6. The van der Waals surface area contributed by atoms with Gasteiger partial charge in [0.1, 0.15) is 0 Å². The Balaban J connectivity index is 1.51. The first-order valence-corrected chi connectivity index (χ1v) is 10.1. The van der Waals surface area contributed by atoms with Gasteiger partial charge in [-0.1, -0.05) is 25.1 Å². The summed E-state index contributed by atoms with van der Waals surface area (Å²) in [7, 11) is 0. The maximum absolute atomic E-state index is 12.4. The predicted molar refractivity (Wildman–Crippen MR) is 117 cm³/mol. The van der Waals surface area contributed by atoms with Gasteiger partial charge in [0.25, 0.3) is 5.91 Å². The van der Waals surface area contributed by atoms with Crippen LogP contribution in [0, 0.1) is 5.92 Å². The number of ether oxygens (including phenoxy) is 1. The molecule has 3 rings (SSSR count). The Morgan fingerprint density at radius 1 is 1.03 bits per heavy atom. The first-order chi connectivity index (χ1) is 14.9. The Morgan fingerprint density at radius 3 is 2.32 bits per heavy atom. The van der Waals surface area contributed by atoms with Crippen LogP contribution in [0.1, 0.15) is 25.8 Å². The third-order valence-electron chi connectivity index (χ3n) is 4.96. The predicted octanol–water partition coefficient (Wildman–Crippen LogP) is 2.74. The first-order valence-electron chi connectivity index (χ1n) is 10.1. The molecule has 1 atom stereocenters. The molecule has 0 bridgehead atoms. The van der Waals surface area contributed by atoms with Crippen molar-refractivity contribution in [1.82, 2.24) is 0 Å². The zero-order valence-electron chi connectivity index (χ0n) is 17.5. The number of anilines is 3. The minimum atomic E-state index is -0.609. The van der Waals surface area contributed by atoms with Crippen LogP contribution in [-0.4, -0.2) is 36.8 Å². The Morgan fingerprint density at radius 2 is 1.68 bits per heavy atom. The largest absolute Gasteiger partial charge is 0.455 e. The van der Waals surface area contributed by atoms with Crippen LogP contribution >= 0.6 is 0 Å². The summed E-state index contributed by atoms with van der Waals surface area (Å²) < 4.78 is 5.14. The molecule has 2 aromatic carbocycles. The SMILES string of the molecule is CCc1ccccc1N1C[C@H](C(=O)OCC(=O)Nc2ccc(NC(C)=O)cc2)CC1=O. The van der Waals surface area contributed by atoms with Crippen LogP contribution in [0.4, 0.5) is 17.1 Å². The highest BCUT2D eigenvalue weighted by Gasteiger charge is 2.37. The lowest BCUT2D eigenvalue weighted by Gasteiger charge is -2.19. The normalized spacial score (nSPS) is 15.5. The molecule has 0 unspecified atom stereocenters. The quantitative estimate of drug-likeness (QED) is 0.667. The summed E-state index contributed by atoms with van der Waals surface area (Å²) in [5.41, 5.74) is 2.96. The maximum Gasteiger partial charge on any atom is 0.311 e. The van der Waals surface area contributed by atoms with Crippen LogP contribution in [-0.2, 0) is 30.3 Å². The molecule has 1 aliphatic heterocycles. The third kappa shape index (κ3) is 5.69. The number of nitrogens with zero attached hydrogens (tertiary/aromatic N) is 1. The van der Waals surface area contributed by atoms with Gasteiger partial charge in [-0.25, -0.2) is 0 Å². The van der Waals surface area contributed by atoms with Crippen LogP contribution in [0.3, 0.4) is 0 Å². The number of hydrogen-bond donors (Lipinski definition) is 2. The Labute approximate surface area is 180 Å². The lowest BCUT2D eigenvalue weighted by molar-refractivity contribution is -0.151. The molecule has 1 fully saturated rings. The Hall–Kier alpha value is -3.68. The van der Waals surface area contributed by atoms with Crippen molar-refractivity contribution in [3.63, 3.8) is 0 Å². The van der Waals surface area contributed by atoms with Crippen molar-refractivity contribution in [3.8, 4) is 0 Å². The number of carbonyl (C=O) groups is 4. The first kappa shape index (κ1) is 22.0. The lowest BCUT2D eigenvalue weighted by atomic mass is 10.1. The van der Waals surface area contributed by atoms with Crippen LogP contribution in [0.2, 0.25) is 0 Å². The van der Waals surface area contributed by atoms with E-state index in [0.717, 1.165) is 17.7 Å². The Kier molecular flexibility index (Phi) is 7.02. The summed E-state index contributed by atoms with van der Waals surface area (Å²) >= 11 is 0. The van der Waals surface area contributed by atoms with Gasteiger partial charge in [-0.15, -0.1) is 0 Å². The minimum absolute atomic E-state index is 0.0586. The van der Waals surface area contributed by atoms with Gasteiger partial charge in [0.2, 0.25) is 11.8 Å². The summed E-state index contributed by atoms with van der Waals surface area (Å²) in [5, 5.41) is 5.25. The molecule has 162 valence electrons. The van der Waals surface area contributed by atoms with Crippen molar-refractivity contribution < 1.29 is 23.9 Å². The number of rotatable bonds is 7. The molecule has 0 saturated carbocycles. The molecular formula is C23H25N3O5. The smallest absolute Gasteiger partial charge is 0.311 e. The van der Waals surface area contributed by atoms with E-state index in [-0.39, 0.29) is 24.8 Å². The van der Waals surface area contributed by atoms with E-state index in [9.17, 15) is 19.2 Å². The number of esters is 1. The van der Waals surface area contributed by atoms with Crippen molar-refractivity contribution >= 4 is 40.8 Å². The highest BCUT2D eigenvalue weighted by atomic mass is 16.5. The minimum Gasteiger partial charge on any atom is -0.455 e. The van der Waals surface area contributed by atoms with Gasteiger partial charge in [-0.3, -0.25) is 19.2 Å². The van der Waals surface area contributed by atoms with Gasteiger partial charge in [-0.05, 0) is 42.3 Å². The third-order valence-corrected chi connectivity index (χ3v) is 4.96. The molecule has 1 heterocycles. The monoisotopic (exact) mass is 423 g/mol. The van der Waals surface area contributed by atoms with E-state index < -0.39 is 24.4 Å². The molecule has 1 saturated heterocycles. The van der Waals surface area contributed by atoms with Crippen molar-refractivity contribution in [2.24, 2.45) is 5.92 Å². The number of para-hydroxylation sites is 1. The zero-order chi connectivity index (χ0) is 22.4. The van der Waals surface area contributed by atoms with Crippen LogP contribution in [0.15, 0.2) is 48.5 Å². The highest BCUT2D eigenvalue weighted by Crippen LogP contribution is 2.29. The summed E-state index contributed by atoms with van der Waals surface area (Å²) in [6.45, 7) is 3.21. The van der Waals surface area contributed by atoms with Gasteiger partial charge >= 0.3 is 5.97 Å². The molecule has 8 nitrogen and oxygen atoms in total. The average molecular weight is 423 g/mol. The van der Waals surface area contributed by atoms with Crippen LogP contribution < -0.4 is 15.5 Å². The van der Waals surface area contributed by atoms with Crippen LogP contribution in [0.25, 0.3) is 0 Å². The lowest BCUT2D eigenvalue weighted by Crippen LogP contribution is -2.28. The molecule has 8 heteroatoms. The number of carbonyl (C=O) groups excluding carboxylic acids is 4. The molecule has 0 aliphatic carbocycles. The molecule has 1 aliphatic rings. The Bertz CT molecular complexity index is 987. The summed E-state index contributed by atoms with van der Waals surface area (Å²) in [5.74, 6) is -1.99. The van der Waals surface area contributed by atoms with E-state index in [0.29, 0.717) is 11.4 Å². The fourth-order valence-corrected chi connectivity index (χ4v) is 3.46. The van der Waals surface area contributed by atoms with Gasteiger partial charge in [0.05, 0.1) is 5.92 Å². The molecule has 2 aromatic rings. The van der Waals surface area contributed by atoms with E-state index >= 15 is 0 Å². The molecule has 31 heavy (non-hydrogen) atoms. The van der Waals surface area contributed by atoms with E-state index in [2.05, 4.69) is 10.6 Å². The van der Waals surface area contributed by atoms with E-state index in [1.807, 2.05) is 31.2 Å². The van der Waals surface area contributed by atoms with Crippen molar-refractivity contribution in [3.05, 3.63) is 54.1 Å². The second-order valence-electron chi connectivity index (χ2n) is 7.30. The van der Waals surface area contributed by atoms with Gasteiger partial charge < -0.3 is 20.3 Å². The second-order valence-corrected chi connectivity index (χ2v) is 7.30. The van der Waals surface area contributed by atoms with E-state index in [1.54, 1.807) is 29.2 Å². The standard InChI is InChI=1S/C23H25N3O5/c1-3-16-6-4-5-7-20(16)26-13-17(12-22(26)29)23(30)31-14-21(28)25-19-10-8-18(9-11-19)24-15(2)27/h4-11,17H,3,12-14H2,1-2H3,(H,24,27)(H,25,28)/t17-/m1/s1.